The largest absolute Gasteiger partial charge is 0.469 e. The molecule has 1 saturated carbocycles. The summed E-state index contributed by atoms with van der Waals surface area (Å²) in [7, 11) is 0.241. The van der Waals surface area contributed by atoms with E-state index in [0.29, 0.717) is 28.0 Å². The molecule has 110 valence electrons. The van der Waals surface area contributed by atoms with Crippen molar-refractivity contribution in [3.63, 3.8) is 0 Å². The maximum absolute atomic E-state index is 13.4. The minimum absolute atomic E-state index is 0.169. The maximum Gasteiger partial charge on any atom is 0.306 e. The fourth-order valence-electron chi connectivity index (χ4n) is 2.15. The van der Waals surface area contributed by atoms with E-state index in [9.17, 15) is 13.4 Å². The number of benzene rings is 1. The lowest BCUT2D eigenvalue weighted by Crippen LogP contribution is -2.18. The van der Waals surface area contributed by atoms with Gasteiger partial charge in [-0.2, -0.15) is 0 Å². The highest BCUT2D eigenvalue weighted by atomic mass is 79.9. The van der Waals surface area contributed by atoms with Gasteiger partial charge in [-0.3, -0.25) is 9.00 Å². The van der Waals surface area contributed by atoms with Gasteiger partial charge in [0.2, 0.25) is 0 Å². The minimum atomic E-state index is -1.12. The van der Waals surface area contributed by atoms with E-state index in [4.69, 9.17) is 0 Å². The van der Waals surface area contributed by atoms with E-state index in [0.717, 1.165) is 12.8 Å². The van der Waals surface area contributed by atoms with Crippen LogP contribution in [0.25, 0.3) is 0 Å². The van der Waals surface area contributed by atoms with Crippen LogP contribution >= 0.6 is 15.9 Å². The van der Waals surface area contributed by atoms with Crippen molar-refractivity contribution in [2.45, 2.75) is 25.0 Å². The van der Waals surface area contributed by atoms with Crippen molar-refractivity contribution >= 4 is 32.7 Å². The van der Waals surface area contributed by atoms with Gasteiger partial charge in [0.05, 0.1) is 18.0 Å². The van der Waals surface area contributed by atoms with Crippen molar-refractivity contribution in [1.82, 2.24) is 0 Å². The molecule has 1 fully saturated rings. The summed E-state index contributed by atoms with van der Waals surface area (Å²) in [5, 5.41) is 0. The predicted octanol–water partition coefficient (Wildman–Crippen LogP) is 3.18. The number of esters is 1. The Labute approximate surface area is 128 Å². The van der Waals surface area contributed by atoms with Gasteiger partial charge in [0.1, 0.15) is 5.82 Å². The molecule has 0 bridgehead atoms. The predicted molar refractivity (Wildman–Crippen MR) is 79.1 cm³/mol. The smallest absolute Gasteiger partial charge is 0.306 e. The molecule has 0 radical (unpaired) electrons. The average molecular weight is 363 g/mol. The molecule has 1 aliphatic carbocycles. The molecule has 6 heteroatoms. The van der Waals surface area contributed by atoms with E-state index in [1.54, 1.807) is 12.1 Å². The van der Waals surface area contributed by atoms with Crippen LogP contribution in [-0.4, -0.2) is 23.0 Å². The highest BCUT2D eigenvalue weighted by molar-refractivity contribution is 9.10. The first-order valence-corrected chi connectivity index (χ1v) is 8.58. The quantitative estimate of drug-likeness (QED) is 0.730. The monoisotopic (exact) mass is 362 g/mol. The van der Waals surface area contributed by atoms with Crippen LogP contribution in [0.15, 0.2) is 22.7 Å². The third-order valence-electron chi connectivity index (χ3n) is 3.52. The fraction of sp³-hybridized carbons (Fsp3) is 0.500. The van der Waals surface area contributed by atoms with Crippen LogP contribution in [0.4, 0.5) is 4.39 Å². The molecule has 0 amide bonds. The molecule has 20 heavy (non-hydrogen) atoms. The van der Waals surface area contributed by atoms with Crippen LogP contribution in [0.3, 0.4) is 0 Å². The molecule has 1 aromatic carbocycles. The molecule has 1 aliphatic rings. The lowest BCUT2D eigenvalue weighted by atomic mass is 10.1. The Balaban J connectivity index is 1.96. The number of carbonyl (C=O) groups is 1. The molecule has 3 nitrogen and oxygen atoms in total. The van der Waals surface area contributed by atoms with Gasteiger partial charge in [-0.1, -0.05) is 12.1 Å². The van der Waals surface area contributed by atoms with E-state index in [1.165, 1.54) is 13.2 Å². The maximum atomic E-state index is 13.4. The summed E-state index contributed by atoms with van der Waals surface area (Å²) in [4.78, 5) is 11.3. The van der Waals surface area contributed by atoms with Gasteiger partial charge in [0, 0.05) is 22.3 Å². The lowest BCUT2D eigenvalue weighted by Gasteiger charge is -2.13. The van der Waals surface area contributed by atoms with Gasteiger partial charge in [-0.05, 0) is 45.8 Å². The number of hydrogen-bond donors (Lipinski definition) is 0. The summed E-state index contributed by atoms with van der Waals surface area (Å²) in [6, 6.07) is 4.72. The Morgan fingerprint density at radius 1 is 1.50 bits per heavy atom. The molecular formula is C14H16BrFO3S. The van der Waals surface area contributed by atoms with Crippen molar-refractivity contribution in [3.05, 3.63) is 34.1 Å². The summed E-state index contributed by atoms with van der Waals surface area (Å²) in [6.07, 6.45) is 2.12. The second-order valence-electron chi connectivity index (χ2n) is 5.19. The number of methoxy groups -OCH3 is 1. The summed E-state index contributed by atoms with van der Waals surface area (Å²) in [5.74, 6) is 0.147. The zero-order valence-corrected chi connectivity index (χ0v) is 13.6. The van der Waals surface area contributed by atoms with E-state index in [1.807, 2.05) is 0 Å². The number of carbonyl (C=O) groups excluding carboxylic acids is 1. The van der Waals surface area contributed by atoms with Crippen LogP contribution in [0.1, 0.15) is 24.8 Å². The first-order valence-electron chi connectivity index (χ1n) is 6.30. The van der Waals surface area contributed by atoms with E-state index < -0.39 is 10.8 Å². The molecule has 0 N–H and O–H groups in total. The number of rotatable bonds is 6. The first-order chi connectivity index (χ1) is 9.46. The topological polar surface area (TPSA) is 43.4 Å². The van der Waals surface area contributed by atoms with Crippen LogP contribution in [0, 0.1) is 11.2 Å². The van der Waals surface area contributed by atoms with E-state index >= 15 is 0 Å². The Kier molecular flexibility index (Phi) is 4.96. The van der Waals surface area contributed by atoms with Gasteiger partial charge in [0.15, 0.2) is 0 Å². The van der Waals surface area contributed by atoms with Gasteiger partial charge in [-0.25, -0.2) is 4.39 Å². The Morgan fingerprint density at radius 3 is 2.80 bits per heavy atom. The third kappa shape index (κ3) is 3.88. The highest BCUT2D eigenvalue weighted by Crippen LogP contribution is 2.49. The van der Waals surface area contributed by atoms with Crippen molar-refractivity contribution in [2.24, 2.45) is 5.41 Å². The molecule has 0 heterocycles. The van der Waals surface area contributed by atoms with E-state index in [2.05, 4.69) is 20.7 Å². The molecular weight excluding hydrogens is 347 g/mol. The molecule has 1 aromatic rings. The van der Waals surface area contributed by atoms with Gasteiger partial charge in [-0.15, -0.1) is 0 Å². The summed E-state index contributed by atoms with van der Waals surface area (Å²) in [6.45, 7) is 0. The number of ether oxygens (including phenoxy) is 1. The van der Waals surface area contributed by atoms with Crippen molar-refractivity contribution in [3.8, 4) is 0 Å². The molecule has 2 rings (SSSR count). The van der Waals surface area contributed by atoms with Crippen molar-refractivity contribution in [1.29, 1.82) is 0 Å². The normalized spacial score (nSPS) is 17.6. The fourth-order valence-corrected chi connectivity index (χ4v) is 4.51. The van der Waals surface area contributed by atoms with Gasteiger partial charge in [0.25, 0.3) is 0 Å². The lowest BCUT2D eigenvalue weighted by molar-refractivity contribution is -0.141. The van der Waals surface area contributed by atoms with Gasteiger partial charge >= 0.3 is 5.97 Å². The second-order valence-corrected chi connectivity index (χ2v) is 7.44. The molecule has 0 saturated heterocycles. The van der Waals surface area contributed by atoms with Gasteiger partial charge < -0.3 is 4.74 Å². The highest BCUT2D eigenvalue weighted by Gasteiger charge is 2.45. The standard InChI is InChI=1S/C14H16BrFO3S/c1-19-12(17)7-14(5-6-14)9-20(18)8-10-3-2-4-11(16)13(10)15/h2-4H,5-9H2,1H3. The second kappa shape index (κ2) is 6.35. The molecule has 0 spiro atoms. The summed E-state index contributed by atoms with van der Waals surface area (Å²) < 4.78 is 30.6. The molecule has 0 aromatic heterocycles. The first kappa shape index (κ1) is 15.6. The minimum Gasteiger partial charge on any atom is -0.469 e. The van der Waals surface area contributed by atoms with Crippen molar-refractivity contribution < 1.29 is 18.1 Å². The molecule has 1 atom stereocenters. The Morgan fingerprint density at radius 2 is 2.20 bits per heavy atom. The molecule has 0 aliphatic heterocycles. The van der Waals surface area contributed by atoms with Crippen LogP contribution in [0.2, 0.25) is 0 Å². The number of halogens is 2. The third-order valence-corrected chi connectivity index (χ3v) is 5.97. The van der Waals surface area contributed by atoms with Crippen molar-refractivity contribution in [2.75, 3.05) is 12.9 Å². The van der Waals surface area contributed by atoms with Crippen LogP contribution in [0.5, 0.6) is 0 Å². The van der Waals surface area contributed by atoms with Crippen LogP contribution in [-0.2, 0) is 26.1 Å². The SMILES string of the molecule is COC(=O)CC1(CS(=O)Cc2cccc(F)c2Br)CC1. The average Bonchev–Trinajstić information content (AvgIpc) is 3.14. The van der Waals surface area contributed by atoms with E-state index in [-0.39, 0.29) is 17.2 Å². The zero-order chi connectivity index (χ0) is 14.8. The summed E-state index contributed by atoms with van der Waals surface area (Å²) >= 11 is 3.17. The molecule has 1 unspecified atom stereocenters. The Hall–Kier alpha value is -0.750. The summed E-state index contributed by atoms with van der Waals surface area (Å²) in [5.41, 5.74) is 0.523. The Bertz CT molecular complexity index is 543. The van der Waals surface area contributed by atoms with Crippen LogP contribution < -0.4 is 0 Å². The number of hydrogen-bond acceptors (Lipinski definition) is 3. The zero-order valence-electron chi connectivity index (χ0n) is 11.2.